The van der Waals surface area contributed by atoms with Crippen LogP contribution in [0.3, 0.4) is 0 Å². The van der Waals surface area contributed by atoms with E-state index in [4.69, 9.17) is 28.8 Å². The Morgan fingerprint density at radius 2 is 1.09 bits per heavy atom. The van der Waals surface area contributed by atoms with E-state index in [1.54, 1.807) is 0 Å². The third-order valence-corrected chi connectivity index (χ3v) is 8.72. The van der Waals surface area contributed by atoms with E-state index < -0.39 is 0 Å². The fourth-order valence-electron chi connectivity index (χ4n) is 6.55. The molecule has 7 heteroatoms. The van der Waals surface area contributed by atoms with Gasteiger partial charge in [-0.3, -0.25) is 4.57 Å². The molecule has 6 aromatic carbocycles. The van der Waals surface area contributed by atoms with Gasteiger partial charge in [0.1, 0.15) is 16.7 Å². The fourth-order valence-corrected chi connectivity index (χ4v) is 6.55. The van der Waals surface area contributed by atoms with Crippen molar-refractivity contribution in [2.45, 2.75) is 0 Å². The molecule has 10 aromatic rings. The second-order valence-electron chi connectivity index (χ2n) is 11.5. The highest BCUT2D eigenvalue weighted by atomic mass is 16.3. The molecule has 0 saturated heterocycles. The highest BCUT2D eigenvalue weighted by Gasteiger charge is 2.21. The van der Waals surface area contributed by atoms with Crippen LogP contribution >= 0.6 is 0 Å². The van der Waals surface area contributed by atoms with E-state index in [0.717, 1.165) is 60.4 Å². The number of aromatic nitrogens is 5. The van der Waals surface area contributed by atoms with Crippen molar-refractivity contribution in [1.82, 2.24) is 24.5 Å². The maximum absolute atomic E-state index is 6.23. The summed E-state index contributed by atoms with van der Waals surface area (Å²) in [4.78, 5) is 20.3. The first kappa shape index (κ1) is 25.7. The normalized spacial score (nSPS) is 11.8. The second-order valence-corrected chi connectivity index (χ2v) is 11.5. The molecule has 0 atom stereocenters. The van der Waals surface area contributed by atoms with Gasteiger partial charge in [0, 0.05) is 38.2 Å². The Morgan fingerprint density at radius 3 is 1.89 bits per heavy atom. The van der Waals surface area contributed by atoms with Gasteiger partial charge < -0.3 is 8.83 Å². The second kappa shape index (κ2) is 9.95. The van der Waals surface area contributed by atoms with Crippen LogP contribution in [0.5, 0.6) is 0 Å². The van der Waals surface area contributed by atoms with Gasteiger partial charge in [0.25, 0.3) is 0 Å². The largest absolute Gasteiger partial charge is 0.456 e. The standard InChI is InChI=1S/C40H23N5O2/c1-2-11-24(12-3-1)39-41-36-29(16-10-20-35(36)47-39)38-42-37(25-21-22-34-30(23-25)28-15-6-9-19-33(28)46-34)43-40(44-38)45-31-17-7-4-13-26(31)27-14-5-8-18-32(27)45/h1-23H. The third kappa shape index (κ3) is 4.00. The zero-order valence-electron chi connectivity index (χ0n) is 24.8. The molecule has 4 heterocycles. The lowest BCUT2D eigenvalue weighted by Gasteiger charge is -2.11. The Kier molecular flexibility index (Phi) is 5.44. The molecule has 0 aliphatic heterocycles. The van der Waals surface area contributed by atoms with Crippen LogP contribution in [0.4, 0.5) is 0 Å². The number of fused-ring (bicyclic) bond motifs is 7. The van der Waals surface area contributed by atoms with Crippen LogP contribution < -0.4 is 0 Å². The van der Waals surface area contributed by atoms with Crippen LogP contribution in [0.2, 0.25) is 0 Å². The van der Waals surface area contributed by atoms with Crippen LogP contribution in [0.15, 0.2) is 148 Å². The van der Waals surface area contributed by atoms with Crippen molar-refractivity contribution in [3.8, 4) is 40.2 Å². The van der Waals surface area contributed by atoms with Crippen LogP contribution in [-0.4, -0.2) is 24.5 Å². The summed E-state index contributed by atoms with van der Waals surface area (Å²) in [6, 6.07) is 46.6. The summed E-state index contributed by atoms with van der Waals surface area (Å²) in [5.41, 5.74) is 7.54. The number of oxazole rings is 1. The first-order valence-corrected chi connectivity index (χ1v) is 15.4. The molecule has 4 aromatic heterocycles. The van der Waals surface area contributed by atoms with E-state index in [0.29, 0.717) is 34.6 Å². The zero-order chi connectivity index (χ0) is 30.9. The van der Waals surface area contributed by atoms with Crippen LogP contribution in [-0.2, 0) is 0 Å². The summed E-state index contributed by atoms with van der Waals surface area (Å²) in [6.45, 7) is 0. The van der Waals surface area contributed by atoms with Gasteiger partial charge in [-0.2, -0.15) is 9.97 Å². The van der Waals surface area contributed by atoms with Gasteiger partial charge in [0.2, 0.25) is 11.8 Å². The number of furan rings is 1. The minimum Gasteiger partial charge on any atom is -0.456 e. The van der Waals surface area contributed by atoms with Crippen LogP contribution in [0.25, 0.3) is 95.0 Å². The number of nitrogens with zero attached hydrogens (tertiary/aromatic N) is 5. The SMILES string of the molecule is c1ccc(-c2nc3c(-c4nc(-c5ccc6oc7ccccc7c6c5)nc(-n5c6ccccc6c6ccccc65)n4)cccc3o2)cc1. The van der Waals surface area contributed by atoms with Crippen molar-refractivity contribution in [2.75, 3.05) is 0 Å². The fraction of sp³-hybridized carbons (Fsp3) is 0. The monoisotopic (exact) mass is 605 g/mol. The summed E-state index contributed by atoms with van der Waals surface area (Å²) < 4.78 is 14.5. The highest BCUT2D eigenvalue weighted by molar-refractivity contribution is 6.09. The van der Waals surface area contributed by atoms with Gasteiger partial charge in [0.15, 0.2) is 17.2 Å². The van der Waals surface area contributed by atoms with Gasteiger partial charge >= 0.3 is 0 Å². The van der Waals surface area contributed by atoms with Gasteiger partial charge in [-0.05, 0) is 60.7 Å². The summed E-state index contributed by atoms with van der Waals surface area (Å²) in [6.07, 6.45) is 0. The molecule has 0 bridgehead atoms. The molecule has 0 saturated carbocycles. The molecule has 47 heavy (non-hydrogen) atoms. The predicted molar refractivity (Wildman–Crippen MR) is 185 cm³/mol. The first-order valence-electron chi connectivity index (χ1n) is 15.4. The maximum Gasteiger partial charge on any atom is 0.238 e. The number of hydrogen-bond acceptors (Lipinski definition) is 6. The summed E-state index contributed by atoms with van der Waals surface area (Å²) in [7, 11) is 0. The quantitative estimate of drug-likeness (QED) is 0.199. The van der Waals surface area contributed by atoms with Gasteiger partial charge in [-0.1, -0.05) is 78.9 Å². The molecule has 0 radical (unpaired) electrons. The molecule has 7 nitrogen and oxygen atoms in total. The minimum atomic E-state index is 0.502. The van der Waals surface area contributed by atoms with E-state index in [2.05, 4.69) is 53.1 Å². The van der Waals surface area contributed by atoms with Crippen LogP contribution in [0, 0.1) is 0 Å². The zero-order valence-corrected chi connectivity index (χ0v) is 24.8. The number of rotatable bonds is 4. The Morgan fingerprint density at radius 1 is 0.426 bits per heavy atom. The van der Waals surface area contributed by atoms with E-state index in [1.165, 1.54) is 0 Å². The number of hydrogen-bond donors (Lipinski definition) is 0. The van der Waals surface area contributed by atoms with E-state index in [1.807, 2.05) is 91.0 Å². The molecular weight excluding hydrogens is 582 g/mol. The molecule has 10 rings (SSSR count). The van der Waals surface area contributed by atoms with E-state index in [9.17, 15) is 0 Å². The van der Waals surface area contributed by atoms with Crippen molar-refractivity contribution >= 4 is 54.8 Å². The van der Waals surface area contributed by atoms with Crippen molar-refractivity contribution < 1.29 is 8.83 Å². The maximum atomic E-state index is 6.23. The lowest BCUT2D eigenvalue weighted by atomic mass is 10.1. The average molecular weight is 606 g/mol. The molecule has 0 aliphatic carbocycles. The molecule has 0 N–H and O–H groups in total. The van der Waals surface area contributed by atoms with Crippen molar-refractivity contribution in [1.29, 1.82) is 0 Å². The molecule has 0 amide bonds. The summed E-state index contributed by atoms with van der Waals surface area (Å²) >= 11 is 0. The van der Waals surface area contributed by atoms with E-state index >= 15 is 0 Å². The van der Waals surface area contributed by atoms with Gasteiger partial charge in [-0.25, -0.2) is 9.97 Å². The van der Waals surface area contributed by atoms with Crippen molar-refractivity contribution in [2.24, 2.45) is 0 Å². The topological polar surface area (TPSA) is 82.8 Å². The highest BCUT2D eigenvalue weighted by Crippen LogP contribution is 2.36. The Bertz CT molecular complexity index is 2760. The molecule has 0 fully saturated rings. The van der Waals surface area contributed by atoms with Crippen molar-refractivity contribution in [3.05, 3.63) is 140 Å². The Hall–Kier alpha value is -6.60. The average Bonchev–Trinajstić information content (AvgIpc) is 3.83. The van der Waals surface area contributed by atoms with Crippen molar-refractivity contribution in [3.63, 3.8) is 0 Å². The van der Waals surface area contributed by atoms with Gasteiger partial charge in [0.05, 0.1) is 11.0 Å². The molecule has 0 unspecified atom stereocenters. The Balaban J connectivity index is 1.26. The molecule has 0 aliphatic rings. The lowest BCUT2D eigenvalue weighted by Crippen LogP contribution is -2.06. The van der Waals surface area contributed by atoms with Gasteiger partial charge in [-0.15, -0.1) is 0 Å². The first-order chi connectivity index (χ1) is 23.3. The smallest absolute Gasteiger partial charge is 0.238 e. The molecule has 220 valence electrons. The lowest BCUT2D eigenvalue weighted by molar-refractivity contribution is 0.620. The van der Waals surface area contributed by atoms with E-state index in [-0.39, 0.29) is 0 Å². The third-order valence-electron chi connectivity index (χ3n) is 8.72. The summed E-state index contributed by atoms with van der Waals surface area (Å²) in [5, 5.41) is 4.31. The molecule has 0 spiro atoms. The Labute approximate surface area is 267 Å². The summed E-state index contributed by atoms with van der Waals surface area (Å²) in [5.74, 6) is 2.11. The number of para-hydroxylation sites is 4. The molecular formula is C40H23N5O2. The predicted octanol–water partition coefficient (Wildman–Crippen LogP) is 10.0. The minimum absolute atomic E-state index is 0.502. The number of benzene rings is 6. The van der Waals surface area contributed by atoms with Crippen LogP contribution in [0.1, 0.15) is 0 Å².